The highest BCUT2D eigenvalue weighted by atomic mass is 32.2. The summed E-state index contributed by atoms with van der Waals surface area (Å²) in [6, 6.07) is -0.308. The van der Waals surface area contributed by atoms with E-state index in [2.05, 4.69) is 0 Å². The molecule has 6 atom stereocenters. The lowest BCUT2D eigenvalue weighted by atomic mass is 9.69. The van der Waals surface area contributed by atoms with Crippen molar-refractivity contribution in [2.24, 2.45) is 11.8 Å². The number of hydrogen-bond acceptors (Lipinski definition) is 7. The maximum Gasteiger partial charge on any atom is 0.252 e. The summed E-state index contributed by atoms with van der Waals surface area (Å²) in [5.74, 6) is 0.652. The van der Waals surface area contributed by atoms with E-state index in [-0.39, 0.29) is 35.2 Å². The molecule has 5 unspecified atom stereocenters. The molecule has 4 aliphatic rings. The molecule has 11 heteroatoms. The van der Waals surface area contributed by atoms with Crippen LogP contribution in [0.5, 0.6) is 0 Å². The lowest BCUT2D eigenvalue weighted by Gasteiger charge is -2.55. The first-order chi connectivity index (χ1) is 16.3. The zero-order valence-corrected chi connectivity index (χ0v) is 22.9. The highest BCUT2D eigenvalue weighted by Gasteiger charge is 2.50. The van der Waals surface area contributed by atoms with E-state index in [0.29, 0.717) is 44.1 Å². The molecule has 2 amide bonds. The maximum absolute atomic E-state index is 13.6. The summed E-state index contributed by atoms with van der Waals surface area (Å²) in [4.78, 5) is 30.0. The molecular formula is C24H40N2O7S2. The lowest BCUT2D eigenvalue weighted by Crippen LogP contribution is -2.68. The van der Waals surface area contributed by atoms with Crippen LogP contribution in [0.3, 0.4) is 0 Å². The normalized spacial score (nSPS) is 38.7. The van der Waals surface area contributed by atoms with Crippen LogP contribution in [0.25, 0.3) is 0 Å². The first kappa shape index (κ1) is 26.9. The minimum absolute atomic E-state index is 0.0148. The van der Waals surface area contributed by atoms with Crippen LogP contribution < -0.4 is 0 Å². The molecule has 4 rings (SSSR count). The zero-order chi connectivity index (χ0) is 25.7. The van der Waals surface area contributed by atoms with Gasteiger partial charge in [-0.15, -0.1) is 0 Å². The second-order valence-electron chi connectivity index (χ2n) is 11.3. The van der Waals surface area contributed by atoms with Gasteiger partial charge in [0.1, 0.15) is 15.9 Å². The van der Waals surface area contributed by atoms with Crippen LogP contribution in [0.4, 0.5) is 0 Å². The molecule has 0 aromatic heterocycles. The molecule has 2 heterocycles. The van der Waals surface area contributed by atoms with Crippen molar-refractivity contribution in [1.29, 1.82) is 0 Å². The fraction of sp³-hybridized carbons (Fsp3) is 0.917. The number of ether oxygens (including phenoxy) is 1. The van der Waals surface area contributed by atoms with Crippen LogP contribution in [-0.2, 0) is 34.0 Å². The average molecular weight is 533 g/mol. The van der Waals surface area contributed by atoms with Crippen molar-refractivity contribution in [2.75, 3.05) is 19.1 Å². The quantitative estimate of drug-likeness (QED) is 0.541. The number of carbonyl (C=O) groups excluding carboxylic acids is 2. The number of carbonyl (C=O) groups is 2. The van der Waals surface area contributed by atoms with E-state index in [9.17, 15) is 26.4 Å². The van der Waals surface area contributed by atoms with Crippen molar-refractivity contribution in [2.45, 2.75) is 107 Å². The average Bonchev–Trinajstić information content (AvgIpc) is 3.28. The van der Waals surface area contributed by atoms with E-state index in [1.54, 1.807) is 6.92 Å². The molecule has 2 aliphatic heterocycles. The summed E-state index contributed by atoms with van der Waals surface area (Å²) >= 11 is 0. The Morgan fingerprint density at radius 2 is 1.43 bits per heavy atom. The first-order valence-corrected chi connectivity index (χ1v) is 16.8. The molecule has 200 valence electrons. The molecule has 0 bridgehead atoms. The number of piperazine rings is 1. The van der Waals surface area contributed by atoms with Crippen molar-refractivity contribution < 1.29 is 31.2 Å². The zero-order valence-electron chi connectivity index (χ0n) is 21.3. The van der Waals surface area contributed by atoms with Gasteiger partial charge in [0.25, 0.3) is 5.91 Å². The van der Waals surface area contributed by atoms with Gasteiger partial charge in [-0.25, -0.2) is 16.8 Å². The Kier molecular flexibility index (Phi) is 7.62. The second kappa shape index (κ2) is 9.93. The molecule has 2 aliphatic carbocycles. The molecule has 35 heavy (non-hydrogen) atoms. The van der Waals surface area contributed by atoms with E-state index in [1.165, 1.54) is 6.26 Å². The largest absolute Gasteiger partial charge is 0.349 e. The van der Waals surface area contributed by atoms with Crippen LogP contribution >= 0.6 is 0 Å². The predicted octanol–water partition coefficient (Wildman–Crippen LogP) is 1.76. The Bertz CT molecular complexity index is 1040. The van der Waals surface area contributed by atoms with Gasteiger partial charge in [-0.05, 0) is 76.5 Å². The molecule has 9 nitrogen and oxygen atoms in total. The number of rotatable bonds is 4. The van der Waals surface area contributed by atoms with Crippen LogP contribution in [0.2, 0.25) is 0 Å². The second-order valence-corrected chi connectivity index (χ2v) is 15.8. The number of fused-ring (bicyclic) bond motifs is 1. The summed E-state index contributed by atoms with van der Waals surface area (Å²) in [5, 5.41) is -0.251. The third kappa shape index (κ3) is 5.56. The summed E-state index contributed by atoms with van der Waals surface area (Å²) in [7, 11) is -6.40. The smallest absolute Gasteiger partial charge is 0.252 e. The predicted molar refractivity (Wildman–Crippen MR) is 132 cm³/mol. The van der Waals surface area contributed by atoms with E-state index in [0.717, 1.165) is 38.4 Å². The molecule has 2 saturated carbocycles. The van der Waals surface area contributed by atoms with Gasteiger partial charge in [0.05, 0.1) is 17.3 Å². The molecule has 0 aromatic rings. The Labute approximate surface area is 209 Å². The van der Waals surface area contributed by atoms with E-state index in [1.807, 2.05) is 16.7 Å². The Hall–Kier alpha value is -1.20. The minimum atomic E-state index is -3.38. The van der Waals surface area contributed by atoms with Crippen LogP contribution in [-0.4, -0.2) is 92.4 Å². The molecular weight excluding hydrogens is 492 g/mol. The van der Waals surface area contributed by atoms with Crippen molar-refractivity contribution in [3.63, 3.8) is 0 Å². The third-order valence-corrected chi connectivity index (χ3v) is 11.9. The fourth-order valence-electron chi connectivity index (χ4n) is 7.16. The summed E-state index contributed by atoms with van der Waals surface area (Å²) in [6.45, 7) is 3.96. The van der Waals surface area contributed by atoms with Gasteiger partial charge in [-0.3, -0.25) is 9.59 Å². The molecule has 2 saturated heterocycles. The topological polar surface area (TPSA) is 118 Å². The van der Waals surface area contributed by atoms with Crippen LogP contribution in [0.1, 0.15) is 71.6 Å². The third-order valence-electron chi connectivity index (χ3n) is 8.89. The van der Waals surface area contributed by atoms with Crippen molar-refractivity contribution >= 4 is 31.5 Å². The monoisotopic (exact) mass is 532 g/mol. The van der Waals surface area contributed by atoms with Gasteiger partial charge in [0, 0.05) is 32.0 Å². The van der Waals surface area contributed by atoms with Gasteiger partial charge < -0.3 is 14.5 Å². The summed E-state index contributed by atoms with van der Waals surface area (Å²) in [6.07, 6.45) is 8.09. The van der Waals surface area contributed by atoms with Gasteiger partial charge in [-0.2, -0.15) is 0 Å². The summed E-state index contributed by atoms with van der Waals surface area (Å²) in [5.41, 5.74) is -0.938. The Balaban J connectivity index is 1.51. The number of amides is 2. The molecule has 0 radical (unpaired) electrons. The SMILES string of the molecule is CC(=O)N1C2CCC(C3CCC(S(C)(=O)=O)CC3)CC2N(C(=O)C2CCC(S(C)(=O)=O)O2)C[C@@H]1C. The minimum Gasteiger partial charge on any atom is -0.349 e. The van der Waals surface area contributed by atoms with Gasteiger partial charge in [0.2, 0.25) is 5.91 Å². The van der Waals surface area contributed by atoms with E-state index >= 15 is 0 Å². The maximum atomic E-state index is 13.6. The van der Waals surface area contributed by atoms with Crippen LogP contribution in [0, 0.1) is 11.8 Å². The first-order valence-electron chi connectivity index (χ1n) is 12.9. The van der Waals surface area contributed by atoms with Gasteiger partial charge in [0.15, 0.2) is 15.3 Å². The standard InChI is InChI=1S/C24H40N2O7S2/c1-15-14-25(24(28)22-11-12-23(33-22)35(4,31)32)21-13-18(7-10-20(21)26(15)16(2)27)17-5-8-19(9-6-17)34(3,29)30/h15,17-23H,5-14H2,1-4H3/t15-,17?,18?,19?,20?,21?,22?,23?/m0/s1. The van der Waals surface area contributed by atoms with Crippen molar-refractivity contribution in [3.8, 4) is 0 Å². The van der Waals surface area contributed by atoms with Crippen molar-refractivity contribution in [3.05, 3.63) is 0 Å². The molecule has 0 spiro atoms. The molecule has 4 fully saturated rings. The Morgan fingerprint density at radius 3 is 1.97 bits per heavy atom. The molecule has 0 N–H and O–H groups in total. The van der Waals surface area contributed by atoms with Gasteiger partial charge in [-0.1, -0.05) is 0 Å². The Morgan fingerprint density at radius 1 is 0.800 bits per heavy atom. The number of sulfone groups is 2. The highest BCUT2D eigenvalue weighted by Crippen LogP contribution is 2.44. The van der Waals surface area contributed by atoms with E-state index < -0.39 is 31.2 Å². The van der Waals surface area contributed by atoms with Gasteiger partial charge >= 0.3 is 0 Å². The highest BCUT2D eigenvalue weighted by molar-refractivity contribution is 7.91. The summed E-state index contributed by atoms with van der Waals surface area (Å²) < 4.78 is 53.6. The number of hydrogen-bond donors (Lipinski definition) is 0. The molecule has 0 aromatic carbocycles. The van der Waals surface area contributed by atoms with E-state index in [4.69, 9.17) is 4.74 Å². The number of nitrogens with zero attached hydrogens (tertiary/aromatic N) is 2. The lowest BCUT2D eigenvalue weighted by molar-refractivity contribution is -0.161. The van der Waals surface area contributed by atoms with Crippen LogP contribution in [0.15, 0.2) is 0 Å². The van der Waals surface area contributed by atoms with Crippen molar-refractivity contribution in [1.82, 2.24) is 9.80 Å². The fourth-order valence-corrected chi connectivity index (χ4v) is 9.19.